The summed E-state index contributed by atoms with van der Waals surface area (Å²) in [5, 5.41) is 0. The molecule has 0 N–H and O–H groups in total. The summed E-state index contributed by atoms with van der Waals surface area (Å²) >= 11 is 0. The summed E-state index contributed by atoms with van der Waals surface area (Å²) in [7, 11) is 0. The van der Waals surface area contributed by atoms with Crippen LogP contribution in [0.3, 0.4) is 0 Å². The molecule has 2 aliphatic heterocycles. The molecule has 1 amide bonds. The lowest BCUT2D eigenvalue weighted by Gasteiger charge is -2.28. The van der Waals surface area contributed by atoms with Crippen LogP contribution in [0.1, 0.15) is 47.0 Å². The molecule has 2 saturated heterocycles. The summed E-state index contributed by atoms with van der Waals surface area (Å²) in [5.74, 6) is -0.342. The maximum absolute atomic E-state index is 12.5. The molecule has 2 unspecified atom stereocenters. The Balaban J connectivity index is 2.00. The molecule has 2 fully saturated rings. The van der Waals surface area contributed by atoms with Crippen LogP contribution in [-0.4, -0.2) is 47.7 Å². The molecule has 5 heteroatoms. The van der Waals surface area contributed by atoms with Gasteiger partial charge in [-0.3, -0.25) is 4.79 Å². The maximum Gasteiger partial charge on any atom is 0.329 e. The van der Waals surface area contributed by atoms with Crippen molar-refractivity contribution in [3.05, 3.63) is 0 Å². The van der Waals surface area contributed by atoms with Gasteiger partial charge in [-0.2, -0.15) is 0 Å². The van der Waals surface area contributed by atoms with Crippen molar-refractivity contribution < 1.29 is 19.1 Å². The lowest BCUT2D eigenvalue weighted by atomic mass is 10.0. The summed E-state index contributed by atoms with van der Waals surface area (Å²) in [5.41, 5.74) is -0.515. The lowest BCUT2D eigenvalue weighted by Crippen LogP contribution is -2.46. The van der Waals surface area contributed by atoms with Crippen molar-refractivity contribution in [3.8, 4) is 0 Å². The van der Waals surface area contributed by atoms with E-state index in [0.717, 1.165) is 12.8 Å². The first-order valence-electron chi connectivity index (χ1n) is 7.43. The van der Waals surface area contributed by atoms with Gasteiger partial charge in [-0.05, 0) is 47.0 Å². The van der Waals surface area contributed by atoms with Crippen LogP contribution in [0, 0.1) is 5.92 Å². The molecule has 0 bridgehead atoms. The van der Waals surface area contributed by atoms with Gasteiger partial charge in [0.15, 0.2) is 0 Å². The van der Waals surface area contributed by atoms with Gasteiger partial charge >= 0.3 is 5.97 Å². The topological polar surface area (TPSA) is 55.8 Å². The minimum atomic E-state index is -0.515. The van der Waals surface area contributed by atoms with Crippen molar-refractivity contribution in [1.82, 2.24) is 4.90 Å². The molecule has 20 heavy (non-hydrogen) atoms. The Kier molecular flexibility index (Phi) is 4.37. The monoisotopic (exact) mass is 283 g/mol. The highest BCUT2D eigenvalue weighted by molar-refractivity contribution is 5.86. The average molecular weight is 283 g/mol. The van der Waals surface area contributed by atoms with Gasteiger partial charge in [0, 0.05) is 6.54 Å². The molecule has 5 nitrogen and oxygen atoms in total. The molecular formula is C15H25NO4. The fourth-order valence-electron chi connectivity index (χ4n) is 2.87. The zero-order chi connectivity index (χ0) is 14.9. The quantitative estimate of drug-likeness (QED) is 0.724. The van der Waals surface area contributed by atoms with E-state index in [9.17, 15) is 9.59 Å². The molecule has 0 aromatic carbocycles. The molecule has 114 valence electrons. The van der Waals surface area contributed by atoms with Crippen LogP contribution in [0.25, 0.3) is 0 Å². The fraction of sp³-hybridized carbons (Fsp3) is 0.867. The number of rotatable bonds is 2. The Hall–Kier alpha value is -1.10. The third kappa shape index (κ3) is 3.51. The number of likely N-dealkylation sites (tertiary alicyclic amines) is 1. The number of carbonyl (C=O) groups is 2. The van der Waals surface area contributed by atoms with Gasteiger partial charge in [-0.1, -0.05) is 0 Å². The summed E-state index contributed by atoms with van der Waals surface area (Å²) in [4.78, 5) is 26.4. The summed E-state index contributed by atoms with van der Waals surface area (Å²) in [6.07, 6.45) is 2.44. The second-order valence-electron chi connectivity index (χ2n) is 6.80. The number of hydrogen-bond donors (Lipinski definition) is 0. The van der Waals surface area contributed by atoms with Gasteiger partial charge in [0.2, 0.25) is 5.91 Å². The number of nitrogens with zero attached hydrogens (tertiary/aromatic N) is 1. The van der Waals surface area contributed by atoms with Crippen molar-refractivity contribution >= 4 is 11.9 Å². The van der Waals surface area contributed by atoms with Crippen molar-refractivity contribution in [2.75, 3.05) is 13.2 Å². The Morgan fingerprint density at radius 1 is 1.30 bits per heavy atom. The van der Waals surface area contributed by atoms with E-state index in [1.165, 1.54) is 0 Å². The Morgan fingerprint density at radius 2 is 2.00 bits per heavy atom. The zero-order valence-electron chi connectivity index (χ0n) is 12.8. The maximum atomic E-state index is 12.5. The van der Waals surface area contributed by atoms with Gasteiger partial charge in [0.1, 0.15) is 11.6 Å². The van der Waals surface area contributed by atoms with Crippen LogP contribution >= 0.6 is 0 Å². The highest BCUT2D eigenvalue weighted by atomic mass is 16.6. The molecule has 2 aliphatic rings. The number of amides is 1. The van der Waals surface area contributed by atoms with Gasteiger partial charge in [0.05, 0.1) is 18.6 Å². The van der Waals surface area contributed by atoms with Gasteiger partial charge < -0.3 is 14.4 Å². The second-order valence-corrected chi connectivity index (χ2v) is 6.80. The van der Waals surface area contributed by atoms with Crippen molar-refractivity contribution in [2.24, 2.45) is 5.92 Å². The van der Waals surface area contributed by atoms with E-state index < -0.39 is 11.6 Å². The number of ether oxygens (including phenoxy) is 2. The summed E-state index contributed by atoms with van der Waals surface area (Å²) in [6.45, 7) is 8.63. The van der Waals surface area contributed by atoms with Crippen LogP contribution in [-0.2, 0) is 19.1 Å². The van der Waals surface area contributed by atoms with Crippen molar-refractivity contribution in [3.63, 3.8) is 0 Å². The van der Waals surface area contributed by atoms with E-state index >= 15 is 0 Å². The van der Waals surface area contributed by atoms with Crippen LogP contribution in [0.4, 0.5) is 0 Å². The van der Waals surface area contributed by atoms with E-state index in [4.69, 9.17) is 9.47 Å². The molecule has 0 spiro atoms. The van der Waals surface area contributed by atoms with E-state index in [1.807, 2.05) is 27.7 Å². The highest BCUT2D eigenvalue weighted by Crippen LogP contribution is 2.27. The zero-order valence-corrected chi connectivity index (χ0v) is 12.8. The summed E-state index contributed by atoms with van der Waals surface area (Å²) in [6, 6.07) is -0.419. The smallest absolute Gasteiger partial charge is 0.329 e. The summed E-state index contributed by atoms with van der Waals surface area (Å²) < 4.78 is 10.9. The molecule has 0 radical (unpaired) electrons. The van der Waals surface area contributed by atoms with Crippen LogP contribution in [0.15, 0.2) is 0 Å². The second kappa shape index (κ2) is 5.72. The van der Waals surface area contributed by atoms with E-state index in [2.05, 4.69) is 0 Å². The average Bonchev–Trinajstić information content (AvgIpc) is 2.93. The first-order valence-corrected chi connectivity index (χ1v) is 7.43. The molecule has 0 aromatic rings. The molecule has 0 aliphatic carbocycles. The molecule has 3 atom stereocenters. The Labute approximate surface area is 120 Å². The highest BCUT2D eigenvalue weighted by Gasteiger charge is 2.40. The van der Waals surface area contributed by atoms with E-state index in [-0.39, 0.29) is 23.9 Å². The first kappa shape index (κ1) is 15.3. The predicted molar refractivity (Wildman–Crippen MR) is 74.1 cm³/mol. The SMILES string of the molecule is CC1CC(C(=O)N2CCC[C@H]2C(=O)OC(C)(C)C)CO1. The molecule has 0 aromatic heterocycles. The minimum Gasteiger partial charge on any atom is -0.458 e. The number of hydrogen-bond acceptors (Lipinski definition) is 4. The van der Waals surface area contributed by atoms with Gasteiger partial charge in [0.25, 0.3) is 0 Å². The normalized spacial score (nSPS) is 30.6. The van der Waals surface area contributed by atoms with E-state index in [1.54, 1.807) is 4.90 Å². The molecule has 0 saturated carbocycles. The lowest BCUT2D eigenvalue weighted by molar-refractivity contribution is -0.164. The van der Waals surface area contributed by atoms with Crippen molar-refractivity contribution in [2.45, 2.75) is 64.7 Å². The van der Waals surface area contributed by atoms with Gasteiger partial charge in [-0.25, -0.2) is 4.79 Å². The number of carbonyl (C=O) groups excluding carboxylic acids is 2. The molecule has 2 heterocycles. The van der Waals surface area contributed by atoms with Crippen LogP contribution in [0.5, 0.6) is 0 Å². The predicted octanol–water partition coefficient (Wildman–Crippen LogP) is 1.74. The van der Waals surface area contributed by atoms with Gasteiger partial charge in [-0.15, -0.1) is 0 Å². The molecule has 2 rings (SSSR count). The third-order valence-electron chi connectivity index (χ3n) is 3.76. The first-order chi connectivity index (χ1) is 9.28. The van der Waals surface area contributed by atoms with E-state index in [0.29, 0.717) is 19.6 Å². The molecular weight excluding hydrogens is 258 g/mol. The van der Waals surface area contributed by atoms with Crippen molar-refractivity contribution in [1.29, 1.82) is 0 Å². The largest absolute Gasteiger partial charge is 0.458 e. The van der Waals surface area contributed by atoms with Crippen LogP contribution < -0.4 is 0 Å². The Bertz CT molecular complexity index is 388. The Morgan fingerprint density at radius 3 is 2.55 bits per heavy atom. The standard InChI is InChI=1S/C15H25NO4/c1-10-8-11(9-19-10)13(17)16-7-5-6-12(16)14(18)20-15(2,3)4/h10-12H,5-9H2,1-4H3/t10?,11?,12-/m0/s1. The third-order valence-corrected chi connectivity index (χ3v) is 3.76. The number of esters is 1. The minimum absolute atomic E-state index is 0.0442. The fourth-order valence-corrected chi connectivity index (χ4v) is 2.87. The van der Waals surface area contributed by atoms with Crippen LogP contribution in [0.2, 0.25) is 0 Å².